The Morgan fingerprint density at radius 1 is 1.25 bits per heavy atom. The van der Waals surface area contributed by atoms with E-state index in [1.165, 1.54) is 24.8 Å². The highest BCUT2D eigenvalue weighted by Gasteiger charge is 2.43. The second-order valence-corrected chi connectivity index (χ2v) is 7.75. The molecule has 0 saturated carbocycles. The third-order valence-corrected chi connectivity index (χ3v) is 5.06. The first-order chi connectivity index (χ1) is 9.35. The minimum Gasteiger partial charge on any atom is -0.299 e. The molecule has 1 aliphatic carbocycles. The van der Waals surface area contributed by atoms with E-state index in [9.17, 15) is 0 Å². The van der Waals surface area contributed by atoms with Crippen LogP contribution in [-0.4, -0.2) is 24.8 Å². The van der Waals surface area contributed by atoms with Gasteiger partial charge < -0.3 is 0 Å². The fourth-order valence-electron chi connectivity index (χ4n) is 4.03. The van der Waals surface area contributed by atoms with Crippen LogP contribution in [0.3, 0.4) is 0 Å². The van der Waals surface area contributed by atoms with Gasteiger partial charge in [-0.15, -0.1) is 0 Å². The molecule has 0 N–H and O–H groups in total. The maximum atomic E-state index is 6.14. The van der Waals surface area contributed by atoms with Gasteiger partial charge in [0.05, 0.1) is 6.61 Å². The maximum Gasteiger partial charge on any atom is 0.0726 e. The second-order valence-electron chi connectivity index (χ2n) is 7.75. The van der Waals surface area contributed by atoms with Crippen LogP contribution in [0.1, 0.15) is 53.4 Å². The van der Waals surface area contributed by atoms with Crippen molar-refractivity contribution in [1.29, 1.82) is 0 Å². The highest BCUT2D eigenvalue weighted by atomic mass is 16.7. The highest BCUT2D eigenvalue weighted by molar-refractivity contribution is 5.26. The van der Waals surface area contributed by atoms with Gasteiger partial charge in [-0.1, -0.05) is 58.4 Å². The van der Waals surface area contributed by atoms with Crippen molar-refractivity contribution in [3.63, 3.8) is 0 Å². The SMILES string of the molecule is C=CC1=CC(C)(C)C(CON2CCCCC2)C(C)(C)C1. The lowest BCUT2D eigenvalue weighted by atomic mass is 9.59. The minimum absolute atomic E-state index is 0.168. The molecule has 2 nitrogen and oxygen atoms in total. The molecule has 0 aromatic heterocycles. The normalized spacial score (nSPS) is 29.8. The molecule has 1 unspecified atom stereocenters. The fourth-order valence-corrected chi connectivity index (χ4v) is 4.03. The molecule has 1 aliphatic heterocycles. The molecule has 1 atom stereocenters. The Hall–Kier alpha value is -0.600. The Balaban J connectivity index is 2.04. The molecule has 2 heteroatoms. The molecule has 0 aromatic rings. The van der Waals surface area contributed by atoms with E-state index in [1.807, 2.05) is 6.08 Å². The van der Waals surface area contributed by atoms with Gasteiger partial charge in [-0.3, -0.25) is 4.84 Å². The topological polar surface area (TPSA) is 12.5 Å². The van der Waals surface area contributed by atoms with Crippen LogP contribution >= 0.6 is 0 Å². The van der Waals surface area contributed by atoms with Crippen LogP contribution in [-0.2, 0) is 4.84 Å². The van der Waals surface area contributed by atoms with E-state index in [4.69, 9.17) is 4.84 Å². The van der Waals surface area contributed by atoms with Crippen molar-refractivity contribution in [2.45, 2.75) is 53.4 Å². The Morgan fingerprint density at radius 2 is 1.90 bits per heavy atom. The van der Waals surface area contributed by atoms with Crippen molar-refractivity contribution in [2.75, 3.05) is 19.7 Å². The summed E-state index contributed by atoms with van der Waals surface area (Å²) < 4.78 is 0. The van der Waals surface area contributed by atoms with Gasteiger partial charge in [-0.2, -0.15) is 5.06 Å². The van der Waals surface area contributed by atoms with E-state index in [2.05, 4.69) is 45.4 Å². The number of rotatable bonds is 4. The molecule has 0 bridgehead atoms. The zero-order valence-corrected chi connectivity index (χ0v) is 13.7. The molecule has 114 valence electrons. The van der Waals surface area contributed by atoms with Crippen LogP contribution in [0, 0.1) is 16.7 Å². The van der Waals surface area contributed by atoms with Gasteiger partial charge in [0.1, 0.15) is 0 Å². The number of hydrogen-bond donors (Lipinski definition) is 0. The number of hydrogen-bond acceptors (Lipinski definition) is 2. The third-order valence-electron chi connectivity index (χ3n) is 5.06. The Kier molecular flexibility index (Phi) is 4.76. The van der Waals surface area contributed by atoms with Gasteiger partial charge in [-0.05, 0) is 36.0 Å². The molecule has 0 spiro atoms. The molecule has 0 aromatic carbocycles. The van der Waals surface area contributed by atoms with E-state index in [-0.39, 0.29) is 10.8 Å². The monoisotopic (exact) mass is 277 g/mol. The number of allylic oxidation sites excluding steroid dienone is 3. The lowest BCUT2D eigenvalue weighted by Crippen LogP contribution is -2.44. The molecule has 0 radical (unpaired) electrons. The summed E-state index contributed by atoms with van der Waals surface area (Å²) in [5.74, 6) is 0.542. The largest absolute Gasteiger partial charge is 0.299 e. The lowest BCUT2D eigenvalue weighted by Gasteiger charge is -2.48. The second kappa shape index (κ2) is 6.03. The van der Waals surface area contributed by atoms with Gasteiger partial charge >= 0.3 is 0 Å². The molecule has 1 heterocycles. The summed E-state index contributed by atoms with van der Waals surface area (Å²) in [6, 6.07) is 0. The van der Waals surface area contributed by atoms with Crippen LogP contribution in [0.15, 0.2) is 24.3 Å². The van der Waals surface area contributed by atoms with Crippen molar-refractivity contribution in [3.8, 4) is 0 Å². The number of nitrogens with zero attached hydrogens (tertiary/aromatic N) is 1. The summed E-state index contributed by atoms with van der Waals surface area (Å²) in [6.45, 7) is 16.4. The Bertz CT molecular complexity index is 375. The van der Waals surface area contributed by atoms with Crippen molar-refractivity contribution in [3.05, 3.63) is 24.3 Å². The van der Waals surface area contributed by atoms with Gasteiger partial charge in [0.15, 0.2) is 0 Å². The Labute approximate surface area is 124 Å². The first-order valence-electron chi connectivity index (χ1n) is 8.07. The van der Waals surface area contributed by atoms with Crippen LogP contribution in [0.5, 0.6) is 0 Å². The molecule has 0 amide bonds. The summed E-state index contributed by atoms with van der Waals surface area (Å²) in [7, 11) is 0. The predicted octanol–water partition coefficient (Wildman–Crippen LogP) is 4.59. The predicted molar refractivity (Wildman–Crippen MR) is 85.3 cm³/mol. The smallest absolute Gasteiger partial charge is 0.0726 e. The van der Waals surface area contributed by atoms with Crippen LogP contribution < -0.4 is 0 Å². The first kappa shape index (κ1) is 15.8. The van der Waals surface area contributed by atoms with Crippen molar-refractivity contribution in [1.82, 2.24) is 5.06 Å². The van der Waals surface area contributed by atoms with E-state index in [0.29, 0.717) is 5.92 Å². The molecule has 2 aliphatic rings. The van der Waals surface area contributed by atoms with Crippen LogP contribution in [0.2, 0.25) is 0 Å². The molecule has 1 fully saturated rings. The van der Waals surface area contributed by atoms with Crippen molar-refractivity contribution in [2.24, 2.45) is 16.7 Å². The minimum atomic E-state index is 0.168. The van der Waals surface area contributed by atoms with E-state index in [0.717, 1.165) is 26.1 Å². The van der Waals surface area contributed by atoms with Gasteiger partial charge in [-0.25, -0.2) is 0 Å². The molecule has 1 saturated heterocycles. The summed E-state index contributed by atoms with van der Waals surface area (Å²) >= 11 is 0. The molecular weight excluding hydrogens is 246 g/mol. The van der Waals surface area contributed by atoms with Crippen LogP contribution in [0.25, 0.3) is 0 Å². The van der Waals surface area contributed by atoms with Gasteiger partial charge in [0.25, 0.3) is 0 Å². The summed E-state index contributed by atoms with van der Waals surface area (Å²) in [5, 5.41) is 2.18. The zero-order valence-electron chi connectivity index (χ0n) is 13.7. The van der Waals surface area contributed by atoms with E-state index >= 15 is 0 Å². The summed E-state index contributed by atoms with van der Waals surface area (Å²) in [5.41, 5.74) is 1.81. The van der Waals surface area contributed by atoms with Crippen molar-refractivity contribution < 1.29 is 4.84 Å². The van der Waals surface area contributed by atoms with E-state index < -0.39 is 0 Å². The van der Waals surface area contributed by atoms with Gasteiger partial charge in [0, 0.05) is 13.1 Å². The van der Waals surface area contributed by atoms with Gasteiger partial charge in [0.2, 0.25) is 0 Å². The molecule has 20 heavy (non-hydrogen) atoms. The Morgan fingerprint density at radius 3 is 2.45 bits per heavy atom. The van der Waals surface area contributed by atoms with E-state index in [1.54, 1.807) is 0 Å². The third kappa shape index (κ3) is 3.53. The number of hydroxylamine groups is 2. The number of piperidine rings is 1. The molecule has 2 rings (SSSR count). The maximum absolute atomic E-state index is 6.14. The summed E-state index contributed by atoms with van der Waals surface area (Å²) in [4.78, 5) is 6.14. The first-order valence-corrected chi connectivity index (χ1v) is 8.07. The summed E-state index contributed by atoms with van der Waals surface area (Å²) in [6.07, 6.45) is 9.43. The lowest BCUT2D eigenvalue weighted by molar-refractivity contribution is -0.195. The zero-order chi connectivity index (χ0) is 14.8. The average molecular weight is 277 g/mol. The quantitative estimate of drug-likeness (QED) is 0.745. The van der Waals surface area contributed by atoms with Crippen LogP contribution in [0.4, 0.5) is 0 Å². The standard InChI is InChI=1S/C18H31NO/c1-6-15-12-17(2,3)16(18(4,5)13-15)14-20-19-10-8-7-9-11-19/h6,12,16H,1,7-11,13-14H2,2-5H3. The average Bonchev–Trinajstić information content (AvgIpc) is 2.37. The van der Waals surface area contributed by atoms with Crippen molar-refractivity contribution >= 4 is 0 Å². The fraction of sp³-hybridized carbons (Fsp3) is 0.778. The highest BCUT2D eigenvalue weighted by Crippen LogP contribution is 2.50. The molecular formula is C18H31NO.